The molecular formula is C2H11N3O4. The molecule has 0 atom stereocenters. The number of carbonyl (C=O) groups is 2. The van der Waals surface area contributed by atoms with Crippen molar-refractivity contribution in [1.82, 2.24) is 6.15 Å². The van der Waals surface area contributed by atoms with E-state index in [0.29, 0.717) is 0 Å². The second kappa shape index (κ2) is 344. The molecule has 9 N–H and O–H groups in total. The molecule has 0 fully saturated rings. The van der Waals surface area contributed by atoms with Gasteiger partial charge in [-0.05, 0) is 0 Å². The Balaban J connectivity index is -0.0000000202. The average molecular weight is 141 g/mol. The first-order valence-electron chi connectivity index (χ1n) is 1.32. The van der Waals surface area contributed by atoms with Gasteiger partial charge < -0.3 is 16.4 Å². The van der Waals surface area contributed by atoms with Crippen molar-refractivity contribution in [2.45, 2.75) is 0 Å². The molecule has 58 valence electrons. The maximum Gasteiger partial charge on any atom is 0.290 e. The molecule has 0 unspecified atom stereocenters. The normalized spacial score (nSPS) is 3.33. The molecule has 0 bridgehead atoms. The molecular weight excluding hydrogens is 130 g/mol. The molecule has 0 spiro atoms. The van der Waals surface area contributed by atoms with Gasteiger partial charge in [0.15, 0.2) is 0 Å². The van der Waals surface area contributed by atoms with Gasteiger partial charge in [-0.15, -0.1) is 0 Å². The number of hydrogen-bond acceptors (Lipinski definition) is 5. The summed E-state index contributed by atoms with van der Waals surface area (Å²) in [5, 5.41) is 13.8. The summed E-state index contributed by atoms with van der Waals surface area (Å²) in [4.78, 5) is 16.7. The molecule has 7 nitrogen and oxygen atoms in total. The molecule has 0 aliphatic carbocycles. The lowest BCUT2D eigenvalue weighted by Crippen LogP contribution is -2.02. The van der Waals surface area contributed by atoms with Gasteiger partial charge in [0.1, 0.15) is 0 Å². The topological polar surface area (TPSA) is 162 Å². The lowest BCUT2D eigenvalue weighted by atomic mass is 11.7. The molecule has 0 aromatic heterocycles. The fourth-order valence-electron chi connectivity index (χ4n) is 0. The van der Waals surface area contributed by atoms with Crippen molar-refractivity contribution in [3.63, 3.8) is 0 Å². The first-order valence-corrected chi connectivity index (χ1v) is 1.32. The molecule has 0 radical (unpaired) electrons. The molecule has 0 saturated carbocycles. The van der Waals surface area contributed by atoms with E-state index in [4.69, 9.17) is 19.8 Å². The van der Waals surface area contributed by atoms with E-state index in [1.165, 1.54) is 0 Å². The van der Waals surface area contributed by atoms with Crippen molar-refractivity contribution in [1.29, 1.82) is 0 Å². The quantitative estimate of drug-likeness (QED) is 0.154. The first kappa shape index (κ1) is 24.9. The van der Waals surface area contributed by atoms with Crippen LogP contribution in [-0.2, 0) is 9.59 Å². The zero-order valence-corrected chi connectivity index (χ0v) is 4.73. The molecule has 0 heterocycles. The second-order valence-electron chi connectivity index (χ2n) is 0.211. The number of hydrazine groups is 1. The third kappa shape index (κ3) is 114. The van der Waals surface area contributed by atoms with E-state index < -0.39 is 0 Å². The molecule has 7 heteroatoms. The molecule has 0 aromatic rings. The van der Waals surface area contributed by atoms with Crippen LogP contribution in [0.3, 0.4) is 0 Å². The van der Waals surface area contributed by atoms with E-state index in [2.05, 4.69) is 11.7 Å². The standard InChI is InChI=1S/2CH2O2.H4N2.H3N/c2*2-1-3;1-2;/h2*1H,(H,2,3);1-2H2;1H3. The average Bonchev–Trinajstić information content (AvgIpc) is 1.75. The van der Waals surface area contributed by atoms with E-state index in [9.17, 15) is 0 Å². The Bertz CT molecular complexity index is 34.8. The Morgan fingerprint density at radius 3 is 1.00 bits per heavy atom. The second-order valence-corrected chi connectivity index (χ2v) is 0.211. The zero-order valence-electron chi connectivity index (χ0n) is 4.73. The minimum absolute atomic E-state index is 0. The van der Waals surface area contributed by atoms with Crippen molar-refractivity contribution in [2.75, 3.05) is 0 Å². The van der Waals surface area contributed by atoms with Gasteiger partial charge in [0.25, 0.3) is 12.9 Å². The highest BCUT2D eigenvalue weighted by Crippen LogP contribution is 0.969. The van der Waals surface area contributed by atoms with Crippen molar-refractivity contribution in [3.8, 4) is 0 Å². The Morgan fingerprint density at radius 1 is 1.00 bits per heavy atom. The Kier molecular flexibility index (Phi) is 952. The zero-order chi connectivity index (χ0) is 7.41. The predicted octanol–water partition coefficient (Wildman–Crippen LogP) is -1.62. The van der Waals surface area contributed by atoms with Gasteiger partial charge in [-0.1, -0.05) is 0 Å². The van der Waals surface area contributed by atoms with Crippen molar-refractivity contribution >= 4 is 12.9 Å². The van der Waals surface area contributed by atoms with Gasteiger partial charge in [0, 0.05) is 0 Å². The number of rotatable bonds is 0. The van der Waals surface area contributed by atoms with Crippen LogP contribution in [0.5, 0.6) is 0 Å². The molecule has 0 saturated heterocycles. The fraction of sp³-hybridized carbons (Fsp3) is 0. The summed E-state index contributed by atoms with van der Waals surface area (Å²) in [5.74, 6) is 8.00. The van der Waals surface area contributed by atoms with Crippen molar-refractivity contribution in [2.24, 2.45) is 11.7 Å². The van der Waals surface area contributed by atoms with E-state index in [0.717, 1.165) is 0 Å². The van der Waals surface area contributed by atoms with Crippen LogP contribution in [0.25, 0.3) is 0 Å². The predicted molar refractivity (Wildman–Crippen MR) is 30.8 cm³/mol. The highest BCUT2D eigenvalue weighted by Gasteiger charge is 1.22. The highest BCUT2D eigenvalue weighted by molar-refractivity contribution is 5.32. The van der Waals surface area contributed by atoms with Gasteiger partial charge in [0.05, 0.1) is 0 Å². The van der Waals surface area contributed by atoms with Gasteiger partial charge in [-0.3, -0.25) is 21.3 Å². The van der Waals surface area contributed by atoms with Crippen LogP contribution < -0.4 is 17.8 Å². The highest BCUT2D eigenvalue weighted by atomic mass is 16.3. The SMILES string of the molecule is N.NN.O=CO.O=CO. The number of nitrogens with two attached hydrogens (primary N) is 2. The maximum atomic E-state index is 8.36. The molecule has 0 rings (SSSR count). The molecule has 0 aliphatic rings. The van der Waals surface area contributed by atoms with Gasteiger partial charge >= 0.3 is 0 Å². The molecule has 9 heavy (non-hydrogen) atoms. The van der Waals surface area contributed by atoms with Crippen LogP contribution in [0.4, 0.5) is 0 Å². The van der Waals surface area contributed by atoms with Crippen molar-refractivity contribution < 1.29 is 19.8 Å². The Hall–Kier alpha value is -1.18. The van der Waals surface area contributed by atoms with Crippen molar-refractivity contribution in [3.05, 3.63) is 0 Å². The van der Waals surface area contributed by atoms with Gasteiger partial charge in [0.2, 0.25) is 0 Å². The van der Waals surface area contributed by atoms with Crippen LogP contribution in [0.15, 0.2) is 0 Å². The van der Waals surface area contributed by atoms with E-state index in [1.54, 1.807) is 0 Å². The largest absolute Gasteiger partial charge is 0.483 e. The van der Waals surface area contributed by atoms with E-state index in [-0.39, 0.29) is 19.1 Å². The minimum Gasteiger partial charge on any atom is -0.483 e. The lowest BCUT2D eigenvalue weighted by molar-refractivity contribution is -0.123. The fourth-order valence-corrected chi connectivity index (χ4v) is 0. The third-order valence-electron chi connectivity index (χ3n) is 0. The van der Waals surface area contributed by atoms with Crippen LogP contribution in [0, 0.1) is 0 Å². The van der Waals surface area contributed by atoms with Crippen LogP contribution >= 0.6 is 0 Å². The first-order chi connectivity index (χ1) is 3.83. The lowest BCUT2D eigenvalue weighted by Gasteiger charge is -1.34. The number of carboxylic acid groups (broad SMARTS) is 2. The summed E-state index contributed by atoms with van der Waals surface area (Å²) in [6, 6.07) is 0. The molecule has 0 amide bonds. The smallest absolute Gasteiger partial charge is 0.290 e. The third-order valence-corrected chi connectivity index (χ3v) is 0. The summed E-state index contributed by atoms with van der Waals surface area (Å²) in [5.41, 5.74) is 0. The van der Waals surface area contributed by atoms with Crippen LogP contribution in [-0.4, -0.2) is 23.2 Å². The Labute approximate surface area is 51.8 Å². The number of hydrogen-bond donors (Lipinski definition) is 5. The Morgan fingerprint density at radius 2 is 1.00 bits per heavy atom. The van der Waals surface area contributed by atoms with Gasteiger partial charge in [-0.25, -0.2) is 0 Å². The molecule has 0 aromatic carbocycles. The minimum atomic E-state index is -0.250. The van der Waals surface area contributed by atoms with Crippen LogP contribution in [0.2, 0.25) is 0 Å². The molecule has 0 aliphatic heterocycles. The summed E-state index contributed by atoms with van der Waals surface area (Å²) in [6.07, 6.45) is 0. The monoisotopic (exact) mass is 141 g/mol. The maximum absolute atomic E-state index is 8.36. The van der Waals surface area contributed by atoms with Crippen LogP contribution in [0.1, 0.15) is 0 Å². The van der Waals surface area contributed by atoms with E-state index >= 15 is 0 Å². The van der Waals surface area contributed by atoms with E-state index in [1.807, 2.05) is 0 Å². The summed E-state index contributed by atoms with van der Waals surface area (Å²) in [6.45, 7) is -0.500. The van der Waals surface area contributed by atoms with Gasteiger partial charge in [-0.2, -0.15) is 0 Å². The summed E-state index contributed by atoms with van der Waals surface area (Å²) >= 11 is 0. The summed E-state index contributed by atoms with van der Waals surface area (Å²) in [7, 11) is 0. The summed E-state index contributed by atoms with van der Waals surface area (Å²) < 4.78 is 0.